The van der Waals surface area contributed by atoms with Gasteiger partial charge in [0, 0.05) is 8.45 Å². The van der Waals surface area contributed by atoms with Crippen molar-refractivity contribution >= 4 is 61.7 Å². The van der Waals surface area contributed by atoms with E-state index in [1.54, 1.807) is 11.3 Å². The SMILES string of the molecule is Cc1sc2nc(N)nc(Cl)c2c1I. The van der Waals surface area contributed by atoms with Gasteiger partial charge in [0.2, 0.25) is 5.95 Å². The topological polar surface area (TPSA) is 51.8 Å². The number of hydrogen-bond donors (Lipinski definition) is 1. The first-order valence-electron chi connectivity index (χ1n) is 3.47. The van der Waals surface area contributed by atoms with E-state index in [1.165, 1.54) is 4.88 Å². The molecule has 0 bridgehead atoms. The molecule has 0 aliphatic carbocycles. The lowest BCUT2D eigenvalue weighted by Gasteiger charge is -1.95. The third-order valence-electron chi connectivity index (χ3n) is 1.63. The molecule has 2 heterocycles. The Hall–Kier alpha value is -0.140. The van der Waals surface area contributed by atoms with Gasteiger partial charge in [0.25, 0.3) is 0 Å². The molecular formula is C7H5ClIN3S. The number of nitrogens with two attached hydrogens (primary N) is 1. The molecule has 0 aliphatic heterocycles. The maximum atomic E-state index is 5.95. The Kier molecular flexibility index (Phi) is 2.33. The summed E-state index contributed by atoms with van der Waals surface area (Å²) < 4.78 is 1.11. The lowest BCUT2D eigenvalue weighted by Crippen LogP contribution is -1.94. The first kappa shape index (κ1) is 9.42. The van der Waals surface area contributed by atoms with E-state index in [0.29, 0.717) is 5.15 Å². The molecule has 3 nitrogen and oxygen atoms in total. The van der Waals surface area contributed by atoms with Crippen LogP contribution < -0.4 is 5.73 Å². The Morgan fingerprint density at radius 2 is 2.15 bits per heavy atom. The van der Waals surface area contributed by atoms with Crippen LogP contribution in [0.1, 0.15) is 4.88 Å². The fourth-order valence-electron chi connectivity index (χ4n) is 1.05. The van der Waals surface area contributed by atoms with Crippen molar-refractivity contribution in [3.8, 4) is 0 Å². The third-order valence-corrected chi connectivity index (χ3v) is 4.61. The van der Waals surface area contributed by atoms with Gasteiger partial charge in [-0.2, -0.15) is 0 Å². The lowest BCUT2D eigenvalue weighted by molar-refractivity contribution is 1.25. The van der Waals surface area contributed by atoms with E-state index >= 15 is 0 Å². The highest BCUT2D eigenvalue weighted by Crippen LogP contribution is 2.34. The summed E-state index contributed by atoms with van der Waals surface area (Å²) in [7, 11) is 0. The summed E-state index contributed by atoms with van der Waals surface area (Å²) in [6.45, 7) is 2.03. The van der Waals surface area contributed by atoms with Crippen LogP contribution in [0.5, 0.6) is 0 Å². The monoisotopic (exact) mass is 325 g/mol. The number of anilines is 1. The van der Waals surface area contributed by atoms with E-state index in [0.717, 1.165) is 13.8 Å². The summed E-state index contributed by atoms with van der Waals surface area (Å²) in [6, 6.07) is 0. The summed E-state index contributed by atoms with van der Waals surface area (Å²) in [6.07, 6.45) is 0. The molecule has 0 amide bonds. The minimum absolute atomic E-state index is 0.232. The van der Waals surface area contributed by atoms with Crippen LogP contribution >= 0.6 is 45.5 Å². The second kappa shape index (κ2) is 3.21. The number of nitrogen functional groups attached to an aromatic ring is 1. The zero-order valence-corrected chi connectivity index (χ0v) is 10.4. The Balaban J connectivity index is 2.94. The first-order valence-corrected chi connectivity index (χ1v) is 5.74. The number of aromatic nitrogens is 2. The predicted octanol–water partition coefficient (Wildman–Crippen LogP) is 2.84. The van der Waals surface area contributed by atoms with Gasteiger partial charge in [-0.05, 0) is 29.5 Å². The van der Waals surface area contributed by atoms with E-state index in [-0.39, 0.29) is 5.95 Å². The molecule has 2 rings (SSSR count). The molecule has 0 saturated carbocycles. The van der Waals surface area contributed by atoms with Crippen LogP contribution in [0.15, 0.2) is 0 Å². The smallest absolute Gasteiger partial charge is 0.222 e. The minimum atomic E-state index is 0.232. The molecule has 2 aromatic heterocycles. The Labute approximate surface area is 97.5 Å². The number of rotatable bonds is 0. The molecule has 68 valence electrons. The number of hydrogen-bond acceptors (Lipinski definition) is 4. The van der Waals surface area contributed by atoms with Gasteiger partial charge in [0.05, 0.1) is 5.39 Å². The molecule has 0 aliphatic rings. The first-order chi connectivity index (χ1) is 6.09. The van der Waals surface area contributed by atoms with Crippen LogP contribution in [0.25, 0.3) is 10.2 Å². The van der Waals surface area contributed by atoms with Gasteiger partial charge in [-0.1, -0.05) is 11.6 Å². The fourth-order valence-corrected chi connectivity index (χ4v) is 3.49. The minimum Gasteiger partial charge on any atom is -0.368 e. The molecule has 2 aromatic rings. The maximum Gasteiger partial charge on any atom is 0.222 e. The van der Waals surface area contributed by atoms with E-state index in [4.69, 9.17) is 17.3 Å². The van der Waals surface area contributed by atoms with E-state index in [1.807, 2.05) is 6.92 Å². The third kappa shape index (κ3) is 1.49. The van der Waals surface area contributed by atoms with Gasteiger partial charge in [0.15, 0.2) is 0 Å². The van der Waals surface area contributed by atoms with Gasteiger partial charge in [-0.15, -0.1) is 11.3 Å². The molecule has 0 saturated heterocycles. The van der Waals surface area contributed by atoms with E-state index in [9.17, 15) is 0 Å². The summed E-state index contributed by atoms with van der Waals surface area (Å²) in [5, 5.41) is 1.36. The van der Waals surface area contributed by atoms with Crippen molar-refractivity contribution in [2.45, 2.75) is 6.92 Å². The van der Waals surface area contributed by atoms with E-state index < -0.39 is 0 Å². The fraction of sp³-hybridized carbons (Fsp3) is 0.143. The van der Waals surface area contributed by atoms with Crippen molar-refractivity contribution < 1.29 is 0 Å². The summed E-state index contributed by atoms with van der Waals surface area (Å²) in [5.74, 6) is 0.232. The average Bonchev–Trinajstić information content (AvgIpc) is 2.27. The highest BCUT2D eigenvalue weighted by molar-refractivity contribution is 14.1. The molecule has 0 fully saturated rings. The van der Waals surface area contributed by atoms with Crippen LogP contribution in [0.2, 0.25) is 5.15 Å². The summed E-state index contributed by atoms with van der Waals surface area (Å²) in [4.78, 5) is 10.1. The highest BCUT2D eigenvalue weighted by Gasteiger charge is 2.12. The quantitative estimate of drug-likeness (QED) is 0.598. The normalized spacial score (nSPS) is 11.0. The van der Waals surface area contributed by atoms with Gasteiger partial charge in [0.1, 0.15) is 9.98 Å². The predicted molar refractivity (Wildman–Crippen MR) is 64.3 cm³/mol. The standard InChI is InChI=1S/C7H5ClIN3S/c1-2-4(9)3-5(8)11-7(10)12-6(3)13-2/h1H3,(H2,10,11,12). The highest BCUT2D eigenvalue weighted by atomic mass is 127. The Morgan fingerprint density at radius 3 is 2.85 bits per heavy atom. The number of fused-ring (bicyclic) bond motifs is 1. The van der Waals surface area contributed by atoms with Crippen molar-refractivity contribution in [3.05, 3.63) is 13.6 Å². The van der Waals surface area contributed by atoms with Gasteiger partial charge >= 0.3 is 0 Å². The second-order valence-electron chi connectivity index (χ2n) is 2.52. The zero-order chi connectivity index (χ0) is 9.59. The van der Waals surface area contributed by atoms with Crippen LogP contribution in [0.4, 0.5) is 5.95 Å². The summed E-state index contributed by atoms with van der Waals surface area (Å²) >= 11 is 9.78. The zero-order valence-electron chi connectivity index (χ0n) is 6.64. The van der Waals surface area contributed by atoms with E-state index in [2.05, 4.69) is 32.6 Å². The van der Waals surface area contributed by atoms with Gasteiger partial charge < -0.3 is 5.73 Å². The van der Waals surface area contributed by atoms with Gasteiger partial charge in [-0.25, -0.2) is 9.97 Å². The van der Waals surface area contributed by atoms with Crippen LogP contribution in [0, 0.1) is 10.5 Å². The molecule has 0 radical (unpaired) electrons. The largest absolute Gasteiger partial charge is 0.368 e. The molecular weight excluding hydrogens is 321 g/mol. The van der Waals surface area contributed by atoms with Gasteiger partial charge in [-0.3, -0.25) is 0 Å². The Bertz CT molecular complexity index is 482. The van der Waals surface area contributed by atoms with Crippen LogP contribution in [-0.2, 0) is 0 Å². The molecule has 0 aromatic carbocycles. The molecule has 0 spiro atoms. The maximum absolute atomic E-state index is 5.95. The van der Waals surface area contributed by atoms with Crippen LogP contribution in [-0.4, -0.2) is 9.97 Å². The van der Waals surface area contributed by atoms with Crippen molar-refractivity contribution in [2.75, 3.05) is 5.73 Å². The van der Waals surface area contributed by atoms with Crippen molar-refractivity contribution in [1.29, 1.82) is 0 Å². The second-order valence-corrected chi connectivity index (χ2v) is 5.16. The Morgan fingerprint density at radius 1 is 1.46 bits per heavy atom. The molecule has 13 heavy (non-hydrogen) atoms. The molecule has 6 heteroatoms. The van der Waals surface area contributed by atoms with Crippen molar-refractivity contribution in [1.82, 2.24) is 9.97 Å². The number of thiophene rings is 1. The molecule has 0 unspecified atom stereocenters. The summed E-state index contributed by atoms with van der Waals surface area (Å²) in [5.41, 5.74) is 5.48. The molecule has 2 N–H and O–H groups in total. The number of halogens is 2. The average molecular weight is 326 g/mol. The van der Waals surface area contributed by atoms with Crippen molar-refractivity contribution in [3.63, 3.8) is 0 Å². The van der Waals surface area contributed by atoms with Crippen molar-refractivity contribution in [2.24, 2.45) is 0 Å². The number of nitrogens with zero attached hydrogens (tertiary/aromatic N) is 2. The lowest BCUT2D eigenvalue weighted by atomic mass is 10.4. The number of aryl methyl sites for hydroxylation is 1. The van der Waals surface area contributed by atoms with Crippen LogP contribution in [0.3, 0.4) is 0 Å². The molecule has 0 atom stereocenters.